The first kappa shape index (κ1) is 17.4. The van der Waals surface area contributed by atoms with Crippen molar-refractivity contribution < 1.29 is 14.1 Å². The second-order valence-corrected chi connectivity index (χ2v) is 8.57. The molecule has 2 aliphatic rings. The summed E-state index contributed by atoms with van der Waals surface area (Å²) in [5.41, 5.74) is 0.435. The number of likely N-dealkylation sites (tertiary alicyclic amines) is 1. The van der Waals surface area contributed by atoms with Crippen LogP contribution < -0.4 is 5.32 Å². The van der Waals surface area contributed by atoms with Crippen LogP contribution in [0.2, 0.25) is 0 Å². The number of amides is 2. The fourth-order valence-corrected chi connectivity index (χ4v) is 5.20. The molecule has 1 N–H and O–H groups in total. The highest BCUT2D eigenvalue weighted by Gasteiger charge is 2.44. The number of carbonyl (C=O) groups excluding carboxylic acids is 2. The lowest BCUT2D eigenvalue weighted by molar-refractivity contribution is -0.132. The molecule has 1 unspecified atom stereocenters. The number of piperidine rings is 1. The van der Waals surface area contributed by atoms with Crippen molar-refractivity contribution in [2.45, 2.75) is 25.3 Å². The smallest absolute Gasteiger partial charge is 0.290 e. The van der Waals surface area contributed by atoms with Crippen LogP contribution in [-0.2, 0) is 11.2 Å². The molecule has 5 rings (SSSR count). The zero-order valence-corrected chi connectivity index (χ0v) is 16.0. The number of nitrogens with zero attached hydrogens (tertiary/aromatic N) is 3. The predicted molar refractivity (Wildman–Crippen MR) is 104 cm³/mol. The zero-order valence-electron chi connectivity index (χ0n) is 15.2. The molecule has 144 valence electrons. The molecular weight excluding hydrogens is 376 g/mol. The molecule has 1 aliphatic carbocycles. The van der Waals surface area contributed by atoms with Crippen molar-refractivity contribution in [1.29, 1.82) is 0 Å². The molecule has 3 aromatic rings. The molecule has 0 radical (unpaired) electrons. The lowest BCUT2D eigenvalue weighted by Crippen LogP contribution is -2.54. The molecule has 3 aromatic heterocycles. The Morgan fingerprint density at radius 3 is 2.79 bits per heavy atom. The molecule has 2 amide bonds. The van der Waals surface area contributed by atoms with Gasteiger partial charge < -0.3 is 14.7 Å². The van der Waals surface area contributed by atoms with E-state index in [4.69, 9.17) is 4.52 Å². The number of carbonyl (C=O) groups is 2. The van der Waals surface area contributed by atoms with Gasteiger partial charge in [-0.25, -0.2) is 4.98 Å². The van der Waals surface area contributed by atoms with Gasteiger partial charge in [-0.2, -0.15) is 0 Å². The van der Waals surface area contributed by atoms with E-state index >= 15 is 0 Å². The maximum Gasteiger partial charge on any atom is 0.290 e. The van der Waals surface area contributed by atoms with Gasteiger partial charge in [-0.1, -0.05) is 11.2 Å². The van der Waals surface area contributed by atoms with Gasteiger partial charge in [0.1, 0.15) is 0 Å². The highest BCUT2D eigenvalue weighted by atomic mass is 32.1. The van der Waals surface area contributed by atoms with Gasteiger partial charge in [0.2, 0.25) is 17.3 Å². The number of aromatic nitrogens is 2. The van der Waals surface area contributed by atoms with Crippen LogP contribution in [0, 0.1) is 11.8 Å². The van der Waals surface area contributed by atoms with Crippen LogP contribution in [0.5, 0.6) is 0 Å². The Morgan fingerprint density at radius 2 is 2.04 bits per heavy atom. The van der Waals surface area contributed by atoms with E-state index in [1.807, 2.05) is 22.4 Å². The molecule has 0 spiro atoms. The minimum atomic E-state index is -0.254. The van der Waals surface area contributed by atoms with Crippen LogP contribution in [0.15, 0.2) is 40.4 Å². The summed E-state index contributed by atoms with van der Waals surface area (Å²) in [6.07, 6.45) is 4.13. The van der Waals surface area contributed by atoms with E-state index in [1.165, 1.54) is 0 Å². The Labute approximate surface area is 165 Å². The Balaban J connectivity index is 1.27. The third-order valence-corrected chi connectivity index (χ3v) is 6.73. The van der Waals surface area contributed by atoms with Crippen molar-refractivity contribution in [3.8, 4) is 0 Å². The average molecular weight is 396 g/mol. The first-order chi connectivity index (χ1) is 13.7. The average Bonchev–Trinajstić information content (AvgIpc) is 3.40. The third kappa shape index (κ3) is 3.07. The molecule has 2 bridgehead atoms. The van der Waals surface area contributed by atoms with Crippen LogP contribution in [0.1, 0.15) is 28.3 Å². The van der Waals surface area contributed by atoms with Crippen molar-refractivity contribution >= 4 is 34.2 Å². The topological polar surface area (TPSA) is 88.3 Å². The normalized spacial score (nSPS) is 23.9. The Bertz CT molecular complexity index is 1000. The Kier molecular flexibility index (Phi) is 4.35. The lowest BCUT2D eigenvalue weighted by atomic mass is 9.91. The van der Waals surface area contributed by atoms with E-state index < -0.39 is 0 Å². The van der Waals surface area contributed by atoms with Gasteiger partial charge in [0.15, 0.2) is 0 Å². The monoisotopic (exact) mass is 396 g/mol. The van der Waals surface area contributed by atoms with Gasteiger partial charge >= 0.3 is 0 Å². The summed E-state index contributed by atoms with van der Waals surface area (Å²) in [6.45, 7) is 1.40. The largest absolute Gasteiger partial charge is 0.348 e. The number of hydrogen-bond donors (Lipinski definition) is 1. The molecule has 1 saturated heterocycles. The number of pyridine rings is 1. The summed E-state index contributed by atoms with van der Waals surface area (Å²) >= 11 is 1.61. The molecule has 1 aliphatic heterocycles. The first-order valence-corrected chi connectivity index (χ1v) is 10.4. The molecule has 0 aromatic carbocycles. The molecule has 4 heterocycles. The minimum absolute atomic E-state index is 0.0649. The van der Waals surface area contributed by atoms with Gasteiger partial charge in [0, 0.05) is 30.2 Å². The Hall–Kier alpha value is -2.74. The first-order valence-electron chi connectivity index (χ1n) is 9.50. The van der Waals surface area contributed by atoms with Crippen molar-refractivity contribution in [2.24, 2.45) is 11.8 Å². The van der Waals surface area contributed by atoms with E-state index in [2.05, 4.69) is 15.5 Å². The summed E-state index contributed by atoms with van der Waals surface area (Å²) in [5, 5.41) is 9.62. The molecule has 3 atom stereocenters. The number of nitrogens with one attached hydrogen (secondary N) is 1. The van der Waals surface area contributed by atoms with Gasteiger partial charge in [-0.3, -0.25) is 9.59 Å². The minimum Gasteiger partial charge on any atom is -0.348 e. The van der Waals surface area contributed by atoms with Gasteiger partial charge in [0.25, 0.3) is 5.91 Å². The molecular formula is C20H20N4O3S. The number of thiophene rings is 1. The van der Waals surface area contributed by atoms with Crippen molar-refractivity contribution in [3.63, 3.8) is 0 Å². The van der Waals surface area contributed by atoms with Crippen LogP contribution >= 0.6 is 11.3 Å². The van der Waals surface area contributed by atoms with Crippen molar-refractivity contribution in [2.75, 3.05) is 13.1 Å². The highest BCUT2D eigenvalue weighted by molar-refractivity contribution is 7.10. The van der Waals surface area contributed by atoms with Gasteiger partial charge in [-0.05, 0) is 48.3 Å². The van der Waals surface area contributed by atoms with Gasteiger partial charge in [-0.15, -0.1) is 11.3 Å². The van der Waals surface area contributed by atoms with E-state index in [9.17, 15) is 9.59 Å². The van der Waals surface area contributed by atoms with E-state index in [0.717, 1.165) is 17.7 Å². The fourth-order valence-electron chi connectivity index (χ4n) is 4.50. The van der Waals surface area contributed by atoms with E-state index in [0.29, 0.717) is 30.5 Å². The van der Waals surface area contributed by atoms with Gasteiger partial charge in [0.05, 0.1) is 11.8 Å². The summed E-state index contributed by atoms with van der Waals surface area (Å²) in [5.74, 6) is 0.690. The molecule has 8 heteroatoms. The SMILES string of the molecule is O=C(NC1[C@@H]2CC[C@H]1CN(C(=O)Cc1cccs1)C2)c1onc2ncccc12. The highest BCUT2D eigenvalue weighted by Crippen LogP contribution is 2.37. The summed E-state index contributed by atoms with van der Waals surface area (Å²) < 4.78 is 5.24. The molecule has 28 heavy (non-hydrogen) atoms. The van der Waals surface area contributed by atoms with Crippen LogP contribution in [0.3, 0.4) is 0 Å². The zero-order chi connectivity index (χ0) is 19.1. The van der Waals surface area contributed by atoms with Crippen molar-refractivity contribution in [3.05, 3.63) is 46.5 Å². The predicted octanol–water partition coefficient (Wildman–Crippen LogP) is 2.49. The number of hydrogen-bond acceptors (Lipinski definition) is 6. The van der Waals surface area contributed by atoms with E-state index in [-0.39, 0.29) is 35.5 Å². The maximum atomic E-state index is 12.8. The van der Waals surface area contributed by atoms with Crippen LogP contribution in [0.25, 0.3) is 11.0 Å². The summed E-state index contributed by atoms with van der Waals surface area (Å²) in [6, 6.07) is 7.59. The maximum absolute atomic E-state index is 12.8. The van der Waals surface area contributed by atoms with Crippen LogP contribution in [-0.4, -0.2) is 46.0 Å². The number of rotatable bonds is 4. The summed E-state index contributed by atoms with van der Waals surface area (Å²) in [7, 11) is 0. The second-order valence-electron chi connectivity index (χ2n) is 7.54. The lowest BCUT2D eigenvalue weighted by Gasteiger charge is -2.38. The quantitative estimate of drug-likeness (QED) is 0.732. The summed E-state index contributed by atoms with van der Waals surface area (Å²) in [4.78, 5) is 32.6. The third-order valence-electron chi connectivity index (χ3n) is 5.85. The molecule has 7 nitrogen and oxygen atoms in total. The Morgan fingerprint density at radius 1 is 1.21 bits per heavy atom. The fraction of sp³-hybridized carbons (Fsp3) is 0.400. The van der Waals surface area contributed by atoms with E-state index in [1.54, 1.807) is 29.7 Å². The standard InChI is InChI=1S/C20H20N4O3S/c25-16(9-14-3-2-8-28-14)24-10-12-5-6-13(11-24)17(12)22-20(26)18-15-4-1-7-21-19(15)23-27-18/h1-4,7-8,12-13,17H,5-6,9-11H2,(H,22,26)/t12-,13+,17?. The molecule has 2 fully saturated rings. The van der Waals surface area contributed by atoms with Crippen LogP contribution in [0.4, 0.5) is 0 Å². The molecule has 1 saturated carbocycles. The number of fused-ring (bicyclic) bond motifs is 3. The van der Waals surface area contributed by atoms with Crippen molar-refractivity contribution in [1.82, 2.24) is 20.4 Å². The second kappa shape index (κ2) is 7.01.